The Morgan fingerprint density at radius 3 is 2.30 bits per heavy atom. The van der Waals surface area contributed by atoms with Gasteiger partial charge in [0.1, 0.15) is 0 Å². The van der Waals surface area contributed by atoms with Crippen LogP contribution in [0.15, 0.2) is 35.3 Å². The number of nitrogens with one attached hydrogen (secondary N) is 2. The van der Waals surface area contributed by atoms with Crippen molar-refractivity contribution in [2.24, 2.45) is 4.99 Å². The van der Waals surface area contributed by atoms with Gasteiger partial charge < -0.3 is 15.5 Å². The first kappa shape index (κ1) is 21.7. The molecule has 6 heteroatoms. The van der Waals surface area contributed by atoms with Crippen molar-refractivity contribution in [3.05, 3.63) is 35.9 Å². The van der Waals surface area contributed by atoms with Crippen LogP contribution in [-0.4, -0.2) is 42.4 Å². The van der Waals surface area contributed by atoms with E-state index in [0.717, 1.165) is 5.56 Å². The molecule has 0 unspecified atom stereocenters. The zero-order chi connectivity index (χ0) is 16.6. The molecule has 1 aromatic carbocycles. The molecule has 0 saturated heterocycles. The zero-order valence-electron chi connectivity index (χ0n) is 14.7. The predicted molar refractivity (Wildman–Crippen MR) is 107 cm³/mol. The molecule has 0 bridgehead atoms. The number of rotatable bonds is 5. The highest BCUT2D eigenvalue weighted by Crippen LogP contribution is 2.04. The fourth-order valence-electron chi connectivity index (χ4n) is 1.99. The van der Waals surface area contributed by atoms with Crippen molar-refractivity contribution in [1.29, 1.82) is 0 Å². The molecule has 0 heterocycles. The average Bonchev–Trinajstić information content (AvgIpc) is 2.48. The van der Waals surface area contributed by atoms with E-state index in [9.17, 15) is 4.79 Å². The quantitative estimate of drug-likeness (QED) is 0.427. The van der Waals surface area contributed by atoms with E-state index in [4.69, 9.17) is 0 Å². The largest absolute Gasteiger partial charge is 0.352 e. The summed E-state index contributed by atoms with van der Waals surface area (Å²) in [6.07, 6.45) is 0. The van der Waals surface area contributed by atoms with Gasteiger partial charge in [-0.25, -0.2) is 0 Å². The van der Waals surface area contributed by atoms with Crippen molar-refractivity contribution in [3.8, 4) is 0 Å². The lowest BCUT2D eigenvalue weighted by Crippen LogP contribution is -2.50. The topological polar surface area (TPSA) is 56.7 Å². The van der Waals surface area contributed by atoms with Crippen molar-refractivity contribution in [2.75, 3.05) is 20.1 Å². The number of amides is 1. The van der Waals surface area contributed by atoms with E-state index in [1.807, 2.05) is 42.2 Å². The highest BCUT2D eigenvalue weighted by atomic mass is 127. The molecular weight excluding hydrogens is 403 g/mol. The second kappa shape index (κ2) is 10.5. The molecule has 0 aliphatic carbocycles. The molecule has 1 rings (SSSR count). The monoisotopic (exact) mass is 432 g/mol. The van der Waals surface area contributed by atoms with Crippen LogP contribution in [0.1, 0.15) is 33.3 Å². The van der Waals surface area contributed by atoms with Crippen LogP contribution in [0.5, 0.6) is 0 Å². The Balaban J connectivity index is 0.00000484. The molecule has 0 radical (unpaired) electrons. The normalized spacial score (nSPS) is 11.4. The summed E-state index contributed by atoms with van der Waals surface area (Å²) in [4.78, 5) is 18.3. The van der Waals surface area contributed by atoms with Crippen LogP contribution in [-0.2, 0) is 11.3 Å². The number of likely N-dealkylation sites (N-methyl/N-ethyl adjacent to an activating group) is 1. The van der Waals surface area contributed by atoms with Gasteiger partial charge in [-0.1, -0.05) is 30.3 Å². The van der Waals surface area contributed by atoms with Crippen LogP contribution in [0, 0.1) is 0 Å². The predicted octanol–water partition coefficient (Wildman–Crippen LogP) is 2.62. The molecule has 2 N–H and O–H groups in total. The van der Waals surface area contributed by atoms with Crippen molar-refractivity contribution in [3.63, 3.8) is 0 Å². The fraction of sp³-hybridized carbons (Fsp3) is 0.529. The van der Waals surface area contributed by atoms with Crippen LogP contribution in [0.4, 0.5) is 0 Å². The standard InChI is InChI=1S/C17H28N4O.HI/c1-6-21(13-14-10-8-7-9-11-14)15(22)12-19-16(18-5)20-17(2,3)4;/h7-11H,6,12-13H2,1-5H3,(H2,18,19,20);1H. The van der Waals surface area contributed by atoms with E-state index in [1.54, 1.807) is 7.05 Å². The lowest BCUT2D eigenvalue weighted by atomic mass is 10.1. The summed E-state index contributed by atoms with van der Waals surface area (Å²) in [7, 11) is 1.70. The smallest absolute Gasteiger partial charge is 0.242 e. The van der Waals surface area contributed by atoms with E-state index in [1.165, 1.54) is 0 Å². The SMILES string of the molecule is CCN(Cc1ccccc1)C(=O)CNC(=NC)NC(C)(C)C.I. The van der Waals surface area contributed by atoms with Crippen molar-refractivity contribution in [1.82, 2.24) is 15.5 Å². The molecule has 0 aliphatic rings. The summed E-state index contributed by atoms with van der Waals surface area (Å²) in [5, 5.41) is 6.31. The van der Waals surface area contributed by atoms with Crippen molar-refractivity contribution < 1.29 is 4.79 Å². The van der Waals surface area contributed by atoms with Gasteiger partial charge in [-0.15, -0.1) is 24.0 Å². The lowest BCUT2D eigenvalue weighted by molar-refractivity contribution is -0.130. The Morgan fingerprint density at radius 1 is 1.22 bits per heavy atom. The van der Waals surface area contributed by atoms with Crippen molar-refractivity contribution >= 4 is 35.8 Å². The maximum Gasteiger partial charge on any atom is 0.242 e. The first-order valence-corrected chi connectivity index (χ1v) is 7.66. The van der Waals surface area contributed by atoms with Crippen molar-refractivity contribution in [2.45, 2.75) is 39.8 Å². The summed E-state index contributed by atoms with van der Waals surface area (Å²) < 4.78 is 0. The van der Waals surface area contributed by atoms with E-state index < -0.39 is 0 Å². The Morgan fingerprint density at radius 2 is 1.83 bits per heavy atom. The van der Waals surface area contributed by atoms with Gasteiger partial charge in [0.15, 0.2) is 5.96 Å². The van der Waals surface area contributed by atoms with E-state index in [-0.39, 0.29) is 42.0 Å². The molecule has 0 aromatic heterocycles. The van der Waals surface area contributed by atoms with Gasteiger partial charge in [-0.3, -0.25) is 9.79 Å². The Hall–Kier alpha value is -1.31. The molecule has 130 valence electrons. The molecule has 5 nitrogen and oxygen atoms in total. The Labute approximate surface area is 157 Å². The number of benzene rings is 1. The minimum absolute atomic E-state index is 0. The second-order valence-corrected chi connectivity index (χ2v) is 6.19. The summed E-state index contributed by atoms with van der Waals surface area (Å²) in [5.41, 5.74) is 1.04. The molecule has 23 heavy (non-hydrogen) atoms. The number of nitrogens with zero attached hydrogens (tertiary/aromatic N) is 2. The summed E-state index contributed by atoms with van der Waals surface area (Å²) >= 11 is 0. The second-order valence-electron chi connectivity index (χ2n) is 6.19. The number of aliphatic imine (C=N–C) groups is 1. The van der Waals surface area contributed by atoms with Gasteiger partial charge >= 0.3 is 0 Å². The lowest BCUT2D eigenvalue weighted by Gasteiger charge is -2.25. The molecule has 0 saturated carbocycles. The number of hydrogen-bond acceptors (Lipinski definition) is 2. The minimum Gasteiger partial charge on any atom is -0.352 e. The Bertz CT molecular complexity index is 497. The highest BCUT2D eigenvalue weighted by molar-refractivity contribution is 14.0. The van der Waals surface area contributed by atoms with Crippen LogP contribution < -0.4 is 10.6 Å². The summed E-state index contributed by atoms with van der Waals surface area (Å²) in [6.45, 7) is 9.68. The third kappa shape index (κ3) is 8.78. The van der Waals surface area contributed by atoms with Crippen LogP contribution in [0.25, 0.3) is 0 Å². The zero-order valence-corrected chi connectivity index (χ0v) is 17.0. The molecular formula is C17H29IN4O. The number of guanidine groups is 1. The summed E-state index contributed by atoms with van der Waals surface area (Å²) in [5.74, 6) is 0.694. The minimum atomic E-state index is -0.0978. The first-order valence-electron chi connectivity index (χ1n) is 7.66. The van der Waals surface area contributed by atoms with Gasteiger partial charge in [-0.2, -0.15) is 0 Å². The van der Waals surface area contributed by atoms with E-state index >= 15 is 0 Å². The number of carbonyl (C=O) groups is 1. The van der Waals surface area contributed by atoms with Gasteiger partial charge in [-0.05, 0) is 33.3 Å². The third-order valence-corrected chi connectivity index (χ3v) is 3.07. The molecule has 0 aliphatic heterocycles. The molecule has 0 spiro atoms. The average molecular weight is 432 g/mol. The first-order chi connectivity index (χ1) is 10.4. The van der Waals surface area contributed by atoms with Gasteiger partial charge in [0.05, 0.1) is 6.54 Å². The van der Waals surface area contributed by atoms with Crippen LogP contribution in [0.2, 0.25) is 0 Å². The maximum absolute atomic E-state index is 12.3. The maximum atomic E-state index is 12.3. The highest BCUT2D eigenvalue weighted by Gasteiger charge is 2.15. The van der Waals surface area contributed by atoms with E-state index in [2.05, 4.69) is 36.4 Å². The molecule has 1 aromatic rings. The number of carbonyl (C=O) groups excluding carboxylic acids is 1. The molecule has 0 atom stereocenters. The van der Waals surface area contributed by atoms with E-state index in [0.29, 0.717) is 19.0 Å². The van der Waals surface area contributed by atoms with Gasteiger partial charge in [0.25, 0.3) is 0 Å². The number of halogens is 1. The number of hydrogen-bond donors (Lipinski definition) is 2. The van der Waals surface area contributed by atoms with Gasteiger partial charge in [0.2, 0.25) is 5.91 Å². The van der Waals surface area contributed by atoms with Crippen LogP contribution >= 0.6 is 24.0 Å². The molecule has 0 fully saturated rings. The van der Waals surface area contributed by atoms with Gasteiger partial charge in [0, 0.05) is 25.7 Å². The fourth-order valence-corrected chi connectivity index (χ4v) is 1.99. The van der Waals surface area contributed by atoms with Crippen LogP contribution in [0.3, 0.4) is 0 Å². The molecule has 1 amide bonds. The third-order valence-electron chi connectivity index (χ3n) is 3.07. The summed E-state index contributed by atoms with van der Waals surface area (Å²) in [6, 6.07) is 10.0. The Kier molecular flexibility index (Phi) is 9.87.